The summed E-state index contributed by atoms with van der Waals surface area (Å²) < 4.78 is 0. The molecular weight excluding hydrogens is 228 g/mol. The molecule has 1 aliphatic heterocycles. The molecule has 0 atom stereocenters. The SMILES string of the molecule is O=C(O)N1CCC(NCCc2ccccc2)CC1. The number of carbonyl (C=O) groups is 1. The lowest BCUT2D eigenvalue weighted by atomic mass is 10.0. The van der Waals surface area contributed by atoms with Crippen molar-refractivity contribution < 1.29 is 9.90 Å². The number of likely N-dealkylation sites (tertiary alicyclic amines) is 1. The average molecular weight is 248 g/mol. The molecular formula is C14H20N2O2. The summed E-state index contributed by atoms with van der Waals surface area (Å²) >= 11 is 0. The van der Waals surface area contributed by atoms with Gasteiger partial charge in [0.1, 0.15) is 0 Å². The zero-order valence-electron chi connectivity index (χ0n) is 10.5. The number of hydrogen-bond acceptors (Lipinski definition) is 2. The molecule has 98 valence electrons. The van der Waals surface area contributed by atoms with Crippen molar-refractivity contribution in [3.8, 4) is 0 Å². The van der Waals surface area contributed by atoms with Gasteiger partial charge in [-0.2, -0.15) is 0 Å². The molecule has 1 aromatic carbocycles. The minimum Gasteiger partial charge on any atom is -0.465 e. The highest BCUT2D eigenvalue weighted by Gasteiger charge is 2.21. The van der Waals surface area contributed by atoms with E-state index in [0.717, 1.165) is 25.8 Å². The van der Waals surface area contributed by atoms with Crippen molar-refractivity contribution in [2.24, 2.45) is 0 Å². The van der Waals surface area contributed by atoms with Gasteiger partial charge in [-0.25, -0.2) is 4.79 Å². The lowest BCUT2D eigenvalue weighted by molar-refractivity contribution is 0.129. The van der Waals surface area contributed by atoms with Gasteiger partial charge in [0.2, 0.25) is 0 Å². The van der Waals surface area contributed by atoms with Crippen LogP contribution in [0.25, 0.3) is 0 Å². The van der Waals surface area contributed by atoms with Gasteiger partial charge in [0, 0.05) is 19.1 Å². The third-order valence-electron chi connectivity index (χ3n) is 3.45. The third kappa shape index (κ3) is 3.74. The first kappa shape index (κ1) is 12.9. The van der Waals surface area contributed by atoms with Gasteiger partial charge >= 0.3 is 6.09 Å². The minimum atomic E-state index is -0.794. The fourth-order valence-electron chi connectivity index (χ4n) is 2.34. The number of nitrogens with one attached hydrogen (secondary N) is 1. The van der Waals surface area contributed by atoms with Crippen molar-refractivity contribution in [1.29, 1.82) is 0 Å². The number of rotatable bonds is 4. The number of hydrogen-bond donors (Lipinski definition) is 2. The van der Waals surface area contributed by atoms with E-state index in [2.05, 4.69) is 29.6 Å². The van der Waals surface area contributed by atoms with E-state index in [4.69, 9.17) is 5.11 Å². The third-order valence-corrected chi connectivity index (χ3v) is 3.45. The second kappa shape index (κ2) is 6.40. The molecule has 0 aromatic heterocycles. The molecule has 0 spiro atoms. The predicted octanol–water partition coefficient (Wildman–Crippen LogP) is 1.96. The fourth-order valence-corrected chi connectivity index (χ4v) is 2.34. The number of amides is 1. The molecule has 1 amide bonds. The normalized spacial score (nSPS) is 16.8. The van der Waals surface area contributed by atoms with Gasteiger partial charge in [0.15, 0.2) is 0 Å². The van der Waals surface area contributed by atoms with Crippen LogP contribution >= 0.6 is 0 Å². The molecule has 2 N–H and O–H groups in total. The molecule has 0 aliphatic carbocycles. The van der Waals surface area contributed by atoms with Crippen molar-refractivity contribution in [3.05, 3.63) is 35.9 Å². The van der Waals surface area contributed by atoms with Crippen LogP contribution in [0.5, 0.6) is 0 Å². The molecule has 1 heterocycles. The Morgan fingerprint density at radius 1 is 1.28 bits per heavy atom. The summed E-state index contributed by atoms with van der Waals surface area (Å²) in [6.45, 7) is 2.26. The Morgan fingerprint density at radius 2 is 1.94 bits per heavy atom. The molecule has 1 saturated heterocycles. The van der Waals surface area contributed by atoms with Gasteiger partial charge < -0.3 is 15.3 Å². The molecule has 18 heavy (non-hydrogen) atoms. The molecule has 0 radical (unpaired) electrons. The van der Waals surface area contributed by atoms with Crippen LogP contribution in [0.3, 0.4) is 0 Å². The van der Waals surface area contributed by atoms with Crippen LogP contribution in [0, 0.1) is 0 Å². The Kier molecular flexibility index (Phi) is 4.59. The van der Waals surface area contributed by atoms with E-state index >= 15 is 0 Å². The summed E-state index contributed by atoms with van der Waals surface area (Å²) in [5.41, 5.74) is 1.34. The standard InChI is InChI=1S/C14H20N2O2/c17-14(18)16-10-7-13(8-11-16)15-9-6-12-4-2-1-3-5-12/h1-5,13,15H,6-11H2,(H,17,18). The first-order chi connectivity index (χ1) is 8.75. The van der Waals surface area contributed by atoms with E-state index in [1.165, 1.54) is 10.5 Å². The summed E-state index contributed by atoms with van der Waals surface area (Å²) in [6.07, 6.45) is 2.07. The highest BCUT2D eigenvalue weighted by atomic mass is 16.4. The first-order valence-electron chi connectivity index (χ1n) is 6.51. The lowest BCUT2D eigenvalue weighted by Gasteiger charge is -2.30. The number of carboxylic acid groups (broad SMARTS) is 1. The Bertz CT molecular complexity index is 373. The zero-order valence-corrected chi connectivity index (χ0v) is 10.5. The average Bonchev–Trinajstić information content (AvgIpc) is 2.40. The van der Waals surface area contributed by atoms with E-state index < -0.39 is 6.09 Å². The molecule has 1 aromatic rings. The summed E-state index contributed by atoms with van der Waals surface area (Å²) in [6, 6.07) is 10.9. The van der Waals surface area contributed by atoms with Crippen LogP contribution in [-0.4, -0.2) is 41.8 Å². The summed E-state index contributed by atoms with van der Waals surface area (Å²) in [5.74, 6) is 0. The van der Waals surface area contributed by atoms with Crippen LogP contribution in [-0.2, 0) is 6.42 Å². The fraction of sp³-hybridized carbons (Fsp3) is 0.500. The highest BCUT2D eigenvalue weighted by molar-refractivity contribution is 5.65. The van der Waals surface area contributed by atoms with E-state index in [1.807, 2.05) is 6.07 Å². The second-order valence-electron chi connectivity index (χ2n) is 4.73. The quantitative estimate of drug-likeness (QED) is 0.856. The van der Waals surface area contributed by atoms with E-state index in [0.29, 0.717) is 19.1 Å². The highest BCUT2D eigenvalue weighted by Crippen LogP contribution is 2.10. The van der Waals surface area contributed by atoms with Crippen molar-refractivity contribution in [1.82, 2.24) is 10.2 Å². The Hall–Kier alpha value is -1.55. The van der Waals surface area contributed by atoms with Crippen molar-refractivity contribution in [2.45, 2.75) is 25.3 Å². The number of piperidine rings is 1. The Morgan fingerprint density at radius 3 is 2.56 bits per heavy atom. The molecule has 2 rings (SSSR count). The molecule has 1 aliphatic rings. The van der Waals surface area contributed by atoms with E-state index in [9.17, 15) is 4.79 Å². The van der Waals surface area contributed by atoms with Crippen LogP contribution in [0.1, 0.15) is 18.4 Å². The Labute approximate surface area is 108 Å². The number of benzene rings is 1. The minimum absolute atomic E-state index is 0.462. The molecule has 4 heteroatoms. The van der Waals surface area contributed by atoms with Gasteiger partial charge in [0.05, 0.1) is 0 Å². The van der Waals surface area contributed by atoms with Gasteiger partial charge in [-0.05, 0) is 31.4 Å². The van der Waals surface area contributed by atoms with Gasteiger partial charge in [0.25, 0.3) is 0 Å². The van der Waals surface area contributed by atoms with Gasteiger partial charge in [-0.3, -0.25) is 0 Å². The zero-order chi connectivity index (χ0) is 12.8. The molecule has 4 nitrogen and oxygen atoms in total. The molecule has 0 bridgehead atoms. The maximum atomic E-state index is 10.8. The van der Waals surface area contributed by atoms with Crippen molar-refractivity contribution in [3.63, 3.8) is 0 Å². The van der Waals surface area contributed by atoms with E-state index in [1.54, 1.807) is 0 Å². The van der Waals surface area contributed by atoms with Crippen molar-refractivity contribution >= 4 is 6.09 Å². The largest absolute Gasteiger partial charge is 0.465 e. The van der Waals surface area contributed by atoms with Gasteiger partial charge in [-0.15, -0.1) is 0 Å². The lowest BCUT2D eigenvalue weighted by Crippen LogP contribution is -2.44. The summed E-state index contributed by atoms with van der Waals surface area (Å²) in [4.78, 5) is 12.3. The maximum absolute atomic E-state index is 10.8. The second-order valence-corrected chi connectivity index (χ2v) is 4.73. The number of nitrogens with zero attached hydrogens (tertiary/aromatic N) is 1. The van der Waals surface area contributed by atoms with E-state index in [-0.39, 0.29) is 0 Å². The van der Waals surface area contributed by atoms with Crippen LogP contribution < -0.4 is 5.32 Å². The maximum Gasteiger partial charge on any atom is 0.407 e. The Balaban J connectivity index is 1.65. The molecule has 0 unspecified atom stereocenters. The molecule has 1 fully saturated rings. The summed E-state index contributed by atoms with van der Waals surface area (Å²) in [5, 5.41) is 12.4. The summed E-state index contributed by atoms with van der Waals surface area (Å²) in [7, 11) is 0. The van der Waals surface area contributed by atoms with Crippen LogP contribution in [0.15, 0.2) is 30.3 Å². The van der Waals surface area contributed by atoms with Crippen LogP contribution in [0.4, 0.5) is 4.79 Å². The topological polar surface area (TPSA) is 52.6 Å². The smallest absolute Gasteiger partial charge is 0.407 e. The van der Waals surface area contributed by atoms with Crippen molar-refractivity contribution in [2.75, 3.05) is 19.6 Å². The van der Waals surface area contributed by atoms with Gasteiger partial charge in [-0.1, -0.05) is 30.3 Å². The van der Waals surface area contributed by atoms with Crippen LogP contribution in [0.2, 0.25) is 0 Å². The first-order valence-corrected chi connectivity index (χ1v) is 6.51. The monoisotopic (exact) mass is 248 g/mol. The molecule has 0 saturated carbocycles. The predicted molar refractivity (Wildman–Crippen MR) is 70.8 cm³/mol.